The van der Waals surface area contributed by atoms with Crippen LogP contribution in [0.1, 0.15) is 55.6 Å². The molecule has 2 aromatic heterocycles. The van der Waals surface area contributed by atoms with Crippen LogP contribution in [0.3, 0.4) is 0 Å². The molecule has 0 aliphatic carbocycles. The lowest BCUT2D eigenvalue weighted by atomic mass is 10.00. The van der Waals surface area contributed by atoms with Crippen LogP contribution in [0.4, 0.5) is 0 Å². The van der Waals surface area contributed by atoms with E-state index in [4.69, 9.17) is 0 Å². The van der Waals surface area contributed by atoms with Crippen LogP contribution in [0, 0.1) is 0 Å². The second-order valence-corrected chi connectivity index (χ2v) is 9.00. The number of nitrogens with zero attached hydrogens (tertiary/aromatic N) is 3. The van der Waals surface area contributed by atoms with Gasteiger partial charge in [0.05, 0.1) is 5.56 Å². The number of H-pyrrole nitrogens is 1. The van der Waals surface area contributed by atoms with Crippen molar-refractivity contribution in [2.45, 2.75) is 45.6 Å². The van der Waals surface area contributed by atoms with Gasteiger partial charge in [0.1, 0.15) is 16.4 Å². The van der Waals surface area contributed by atoms with Gasteiger partial charge in [0.25, 0.3) is 5.91 Å². The molecule has 158 valence electrons. The smallest absolute Gasteiger partial charge is 0.270 e. The molecule has 0 radical (unpaired) electrons. The molecule has 1 aliphatic rings. The fourth-order valence-corrected chi connectivity index (χ4v) is 4.67. The molecule has 3 heterocycles. The quantitative estimate of drug-likeness (QED) is 0.611. The third-order valence-corrected chi connectivity index (χ3v) is 6.70. The van der Waals surface area contributed by atoms with Crippen LogP contribution in [0.5, 0.6) is 0 Å². The Hall–Kier alpha value is -2.51. The Labute approximate surface area is 181 Å². The molecule has 1 fully saturated rings. The number of rotatable bonds is 6. The number of hydrogen-bond donors (Lipinski definition) is 2. The first-order valence-electron chi connectivity index (χ1n) is 10.7. The monoisotopic (exact) mass is 423 g/mol. The second-order valence-electron chi connectivity index (χ2n) is 8.14. The van der Waals surface area contributed by atoms with Crippen LogP contribution in [0.15, 0.2) is 35.8 Å². The summed E-state index contributed by atoms with van der Waals surface area (Å²) in [6.07, 6.45) is 3.84. The first-order chi connectivity index (χ1) is 14.5. The Balaban J connectivity index is 1.47. The zero-order chi connectivity index (χ0) is 21.1. The predicted octanol–water partition coefficient (Wildman–Crippen LogP) is 4.54. The summed E-state index contributed by atoms with van der Waals surface area (Å²) in [5, 5.41) is 13.2. The lowest BCUT2D eigenvalue weighted by Gasteiger charge is -2.31. The number of likely N-dealkylation sites (tertiary alicyclic amines) is 1. The fourth-order valence-electron chi connectivity index (χ4n) is 3.85. The standard InChI is InChI=1S/C23H29N5OS/c1-4-28-11-9-18(10-12-28)25-22(29)20-14-30-23(26-20)19-13-24-27-21(19)17-7-5-16(6-8-17)15(2)3/h5-8,13-15,18H,4,9-12H2,1-3H3,(H,24,27)(H,25,29). The average Bonchev–Trinajstić information content (AvgIpc) is 3.44. The minimum atomic E-state index is -0.0845. The minimum absolute atomic E-state index is 0.0845. The van der Waals surface area contributed by atoms with Crippen LogP contribution in [-0.2, 0) is 0 Å². The van der Waals surface area contributed by atoms with Crippen molar-refractivity contribution in [3.05, 3.63) is 47.1 Å². The topological polar surface area (TPSA) is 73.9 Å². The Kier molecular flexibility index (Phi) is 6.29. The van der Waals surface area contributed by atoms with Crippen LogP contribution in [-0.4, -0.2) is 51.7 Å². The molecule has 1 aliphatic heterocycles. The summed E-state index contributed by atoms with van der Waals surface area (Å²) in [5.74, 6) is 0.408. The van der Waals surface area contributed by atoms with Crippen LogP contribution < -0.4 is 5.32 Å². The van der Waals surface area contributed by atoms with Gasteiger partial charge in [0.15, 0.2) is 0 Å². The summed E-state index contributed by atoms with van der Waals surface area (Å²) in [7, 11) is 0. The van der Waals surface area contributed by atoms with Crippen molar-refractivity contribution in [1.29, 1.82) is 0 Å². The Morgan fingerprint density at radius 3 is 2.67 bits per heavy atom. The Bertz CT molecular complexity index is 983. The maximum Gasteiger partial charge on any atom is 0.270 e. The summed E-state index contributed by atoms with van der Waals surface area (Å²) < 4.78 is 0. The molecule has 0 saturated carbocycles. The van der Waals surface area contributed by atoms with Crippen molar-refractivity contribution in [3.8, 4) is 21.8 Å². The van der Waals surface area contributed by atoms with Gasteiger partial charge in [-0.3, -0.25) is 9.89 Å². The number of aromatic nitrogens is 3. The van der Waals surface area contributed by atoms with E-state index in [1.165, 1.54) is 16.9 Å². The highest BCUT2D eigenvalue weighted by Crippen LogP contribution is 2.33. The van der Waals surface area contributed by atoms with Gasteiger partial charge in [-0.15, -0.1) is 11.3 Å². The molecule has 1 amide bonds. The number of aromatic amines is 1. The molecule has 0 atom stereocenters. The number of amides is 1. The van der Waals surface area contributed by atoms with Gasteiger partial charge in [-0.2, -0.15) is 5.10 Å². The first kappa shape index (κ1) is 20.8. The minimum Gasteiger partial charge on any atom is -0.348 e. The van der Waals surface area contributed by atoms with Crippen molar-refractivity contribution < 1.29 is 4.79 Å². The Morgan fingerprint density at radius 2 is 2.00 bits per heavy atom. The van der Waals surface area contributed by atoms with Crippen LogP contribution >= 0.6 is 11.3 Å². The van der Waals surface area contributed by atoms with E-state index in [1.807, 2.05) is 11.6 Å². The molecule has 0 unspecified atom stereocenters. The molecule has 3 aromatic rings. The van der Waals surface area contributed by atoms with Gasteiger partial charge in [-0.05, 0) is 30.9 Å². The van der Waals surface area contributed by atoms with Crippen molar-refractivity contribution in [2.24, 2.45) is 0 Å². The average molecular weight is 424 g/mol. The predicted molar refractivity (Wildman–Crippen MR) is 122 cm³/mol. The number of benzene rings is 1. The number of carbonyl (C=O) groups is 1. The van der Waals surface area contributed by atoms with E-state index in [0.717, 1.165) is 54.3 Å². The SMILES string of the molecule is CCN1CCC(NC(=O)c2csc(-c3c[nH]nc3-c3ccc(C(C)C)cc3)n2)CC1. The van der Waals surface area contributed by atoms with Crippen molar-refractivity contribution in [2.75, 3.05) is 19.6 Å². The number of thiazole rings is 1. The summed E-state index contributed by atoms with van der Waals surface area (Å²) in [6, 6.07) is 8.71. The normalized spacial score (nSPS) is 15.6. The molecule has 0 spiro atoms. The zero-order valence-corrected chi connectivity index (χ0v) is 18.6. The molecule has 4 rings (SSSR count). The molecule has 2 N–H and O–H groups in total. The van der Waals surface area contributed by atoms with E-state index in [0.29, 0.717) is 11.6 Å². The molecule has 1 aromatic carbocycles. The van der Waals surface area contributed by atoms with Crippen LogP contribution in [0.25, 0.3) is 21.8 Å². The third-order valence-electron chi connectivity index (χ3n) is 5.83. The molecular weight excluding hydrogens is 394 g/mol. The molecule has 30 heavy (non-hydrogen) atoms. The van der Waals surface area contributed by atoms with E-state index < -0.39 is 0 Å². The number of nitrogens with one attached hydrogen (secondary N) is 2. The Morgan fingerprint density at radius 1 is 1.27 bits per heavy atom. The van der Waals surface area contributed by atoms with E-state index in [2.05, 4.69) is 70.4 Å². The summed E-state index contributed by atoms with van der Waals surface area (Å²) >= 11 is 1.48. The number of piperidine rings is 1. The van der Waals surface area contributed by atoms with Gasteiger partial charge < -0.3 is 10.2 Å². The zero-order valence-electron chi connectivity index (χ0n) is 17.8. The lowest BCUT2D eigenvalue weighted by molar-refractivity contribution is 0.0908. The summed E-state index contributed by atoms with van der Waals surface area (Å²) in [5.41, 5.74) is 4.61. The highest BCUT2D eigenvalue weighted by atomic mass is 32.1. The summed E-state index contributed by atoms with van der Waals surface area (Å²) in [6.45, 7) is 9.70. The number of carbonyl (C=O) groups excluding carboxylic acids is 1. The van der Waals surface area contributed by atoms with E-state index in [1.54, 1.807) is 0 Å². The molecule has 6 nitrogen and oxygen atoms in total. The van der Waals surface area contributed by atoms with Crippen molar-refractivity contribution in [3.63, 3.8) is 0 Å². The molecule has 7 heteroatoms. The highest BCUT2D eigenvalue weighted by molar-refractivity contribution is 7.13. The third kappa shape index (κ3) is 4.47. The van der Waals surface area contributed by atoms with Crippen molar-refractivity contribution in [1.82, 2.24) is 25.4 Å². The fraction of sp³-hybridized carbons (Fsp3) is 0.435. The van der Waals surface area contributed by atoms with E-state index >= 15 is 0 Å². The first-order valence-corrected chi connectivity index (χ1v) is 11.6. The van der Waals surface area contributed by atoms with Crippen LogP contribution in [0.2, 0.25) is 0 Å². The number of hydrogen-bond acceptors (Lipinski definition) is 5. The second kappa shape index (κ2) is 9.10. The van der Waals surface area contributed by atoms with Gasteiger partial charge in [0, 0.05) is 36.3 Å². The van der Waals surface area contributed by atoms with Crippen molar-refractivity contribution >= 4 is 17.2 Å². The van der Waals surface area contributed by atoms with Gasteiger partial charge in [-0.1, -0.05) is 45.0 Å². The molecule has 1 saturated heterocycles. The highest BCUT2D eigenvalue weighted by Gasteiger charge is 2.22. The maximum atomic E-state index is 12.7. The lowest BCUT2D eigenvalue weighted by Crippen LogP contribution is -2.44. The van der Waals surface area contributed by atoms with Gasteiger partial charge in [0.2, 0.25) is 0 Å². The molecule has 0 bridgehead atoms. The largest absolute Gasteiger partial charge is 0.348 e. The van der Waals surface area contributed by atoms with Gasteiger partial charge in [-0.25, -0.2) is 4.98 Å². The maximum absolute atomic E-state index is 12.7. The molecular formula is C23H29N5OS. The van der Waals surface area contributed by atoms with Gasteiger partial charge >= 0.3 is 0 Å². The summed E-state index contributed by atoms with van der Waals surface area (Å²) in [4.78, 5) is 19.7. The van der Waals surface area contributed by atoms with E-state index in [-0.39, 0.29) is 11.9 Å². The van der Waals surface area contributed by atoms with E-state index in [9.17, 15) is 4.79 Å².